The lowest BCUT2D eigenvalue weighted by Crippen LogP contribution is -2.44. The number of hydrogen-bond acceptors (Lipinski definition) is 4. The van der Waals surface area contributed by atoms with Crippen molar-refractivity contribution in [3.8, 4) is 0 Å². The van der Waals surface area contributed by atoms with E-state index in [1.165, 1.54) is 11.1 Å². The van der Waals surface area contributed by atoms with Gasteiger partial charge in [-0.2, -0.15) is 5.10 Å². The Morgan fingerprint density at radius 3 is 2.64 bits per heavy atom. The number of ether oxygens (including phenoxy) is 1. The van der Waals surface area contributed by atoms with E-state index in [9.17, 15) is 4.79 Å². The summed E-state index contributed by atoms with van der Waals surface area (Å²) in [5, 5.41) is 4.26. The number of benzene rings is 1. The molecule has 1 aliphatic rings. The van der Waals surface area contributed by atoms with Crippen molar-refractivity contribution in [3.63, 3.8) is 0 Å². The zero-order valence-corrected chi connectivity index (χ0v) is 17.4. The topological polar surface area (TPSA) is 57.0 Å². The van der Waals surface area contributed by atoms with Gasteiger partial charge in [-0.3, -0.25) is 9.48 Å². The van der Waals surface area contributed by atoms with Crippen molar-refractivity contribution in [2.24, 2.45) is 17.3 Å². The van der Waals surface area contributed by atoms with Crippen LogP contribution in [0, 0.1) is 17.3 Å². The number of nitrogens with zero attached hydrogens (tertiary/aromatic N) is 3. The predicted octanol–water partition coefficient (Wildman–Crippen LogP) is 4.11. The third kappa shape index (κ3) is 4.88. The number of rotatable bonds is 9. The maximum atomic E-state index is 13.5. The first kappa shape index (κ1) is 20.7. The molecule has 1 aromatic carbocycles. The van der Waals surface area contributed by atoms with Gasteiger partial charge in [-0.05, 0) is 55.6 Å². The van der Waals surface area contributed by atoms with Gasteiger partial charge in [0, 0.05) is 25.0 Å². The number of aryl methyl sites for hydroxylation is 2. The van der Waals surface area contributed by atoms with Crippen molar-refractivity contribution >= 4 is 5.78 Å². The molecule has 2 aromatic rings. The van der Waals surface area contributed by atoms with Crippen molar-refractivity contribution < 1.29 is 9.53 Å². The molecule has 28 heavy (non-hydrogen) atoms. The van der Waals surface area contributed by atoms with Crippen LogP contribution in [0.5, 0.6) is 0 Å². The largest absolute Gasteiger partial charge is 0.385 e. The Balaban J connectivity index is 1.71. The molecule has 152 valence electrons. The van der Waals surface area contributed by atoms with E-state index in [0.717, 1.165) is 38.5 Å². The lowest BCUT2D eigenvalue weighted by molar-refractivity contribution is -0.140. The Hall–Kier alpha value is -2.01. The second-order valence-electron chi connectivity index (χ2n) is 8.40. The number of methoxy groups -OCH3 is 1. The Kier molecular flexibility index (Phi) is 7.00. The smallest absolute Gasteiger partial charge is 0.144 e. The molecule has 1 aliphatic carbocycles. The molecule has 0 spiro atoms. The zero-order chi connectivity index (χ0) is 20.0. The third-order valence-electron chi connectivity index (χ3n) is 6.51. The molecule has 5 nitrogen and oxygen atoms in total. The van der Waals surface area contributed by atoms with Gasteiger partial charge in [0.2, 0.25) is 0 Å². The zero-order valence-electron chi connectivity index (χ0n) is 17.4. The highest BCUT2D eigenvalue weighted by atomic mass is 16.5. The van der Waals surface area contributed by atoms with Crippen LogP contribution < -0.4 is 0 Å². The molecule has 1 saturated carbocycles. The minimum atomic E-state index is -0.291. The highest BCUT2D eigenvalue weighted by Crippen LogP contribution is 2.43. The second-order valence-corrected chi connectivity index (χ2v) is 8.40. The van der Waals surface area contributed by atoms with Gasteiger partial charge in [0.25, 0.3) is 0 Å². The molecule has 0 aliphatic heterocycles. The van der Waals surface area contributed by atoms with E-state index in [2.05, 4.69) is 48.2 Å². The van der Waals surface area contributed by atoms with E-state index in [1.807, 2.05) is 4.68 Å². The molecule has 1 fully saturated rings. The highest BCUT2D eigenvalue weighted by molar-refractivity contribution is 5.87. The van der Waals surface area contributed by atoms with E-state index in [4.69, 9.17) is 4.74 Å². The van der Waals surface area contributed by atoms with Crippen molar-refractivity contribution in [1.82, 2.24) is 14.8 Å². The summed E-state index contributed by atoms with van der Waals surface area (Å²) in [7, 11) is 1.70. The van der Waals surface area contributed by atoms with Gasteiger partial charge in [-0.15, -0.1) is 0 Å². The fourth-order valence-electron chi connectivity index (χ4n) is 4.47. The summed E-state index contributed by atoms with van der Waals surface area (Å²) < 4.78 is 7.08. The monoisotopic (exact) mass is 383 g/mol. The first-order valence-electron chi connectivity index (χ1n) is 10.5. The summed E-state index contributed by atoms with van der Waals surface area (Å²) in [6.07, 6.45) is 9.21. The molecule has 1 aromatic heterocycles. The molecule has 0 amide bonds. The molecule has 0 bridgehead atoms. The molecular formula is C23H33N3O2. The van der Waals surface area contributed by atoms with Crippen LogP contribution in [0.15, 0.2) is 36.9 Å². The molecular weight excluding hydrogens is 350 g/mol. The van der Waals surface area contributed by atoms with Gasteiger partial charge in [0.1, 0.15) is 18.4 Å². The van der Waals surface area contributed by atoms with Crippen molar-refractivity contribution in [2.45, 2.75) is 58.9 Å². The summed E-state index contributed by atoms with van der Waals surface area (Å²) in [6.45, 7) is 5.55. The first-order chi connectivity index (χ1) is 13.6. The van der Waals surface area contributed by atoms with E-state index in [0.29, 0.717) is 24.9 Å². The van der Waals surface area contributed by atoms with Gasteiger partial charge < -0.3 is 4.74 Å². The summed E-state index contributed by atoms with van der Waals surface area (Å²) in [6, 6.07) is 8.91. The summed E-state index contributed by atoms with van der Waals surface area (Å²) in [5.41, 5.74) is 2.44. The molecule has 5 heteroatoms. The molecule has 0 unspecified atom stereocenters. The third-order valence-corrected chi connectivity index (χ3v) is 6.51. The van der Waals surface area contributed by atoms with Gasteiger partial charge in [0.05, 0.1) is 6.54 Å². The number of carbonyl (C=O) groups excluding carboxylic acids is 1. The van der Waals surface area contributed by atoms with Crippen molar-refractivity contribution in [2.75, 3.05) is 13.7 Å². The Morgan fingerprint density at radius 2 is 2.00 bits per heavy atom. The second kappa shape index (κ2) is 9.46. The molecule has 0 N–H and O–H groups in total. The minimum absolute atomic E-state index is 0.00720. The van der Waals surface area contributed by atoms with Gasteiger partial charge in [-0.1, -0.05) is 38.1 Å². The van der Waals surface area contributed by atoms with Gasteiger partial charge in [0.15, 0.2) is 0 Å². The number of carbonyl (C=O) groups is 1. The predicted molar refractivity (Wildman–Crippen MR) is 110 cm³/mol. The fourth-order valence-corrected chi connectivity index (χ4v) is 4.47. The SMILES string of the molecule is CCc1ccc(CC[C@@H]2CC[C@@](C)(CCOC)C(=O)[C@H]2Cn2cncn2)cc1. The van der Waals surface area contributed by atoms with Crippen LogP contribution in [0.3, 0.4) is 0 Å². The summed E-state index contributed by atoms with van der Waals surface area (Å²) >= 11 is 0. The quantitative estimate of drug-likeness (QED) is 0.654. The Bertz CT molecular complexity index is 742. The average molecular weight is 384 g/mol. The lowest BCUT2D eigenvalue weighted by Gasteiger charge is -2.41. The van der Waals surface area contributed by atoms with Crippen LogP contribution in [-0.2, 0) is 28.9 Å². The standard InChI is InChI=1S/C23H33N3O2/c1-4-18-5-7-19(8-6-18)9-10-20-11-12-23(2,13-14-28-3)22(27)21(20)15-26-17-24-16-25-26/h5-8,16-17,20-21H,4,9-15H2,1-3H3/t20-,21+,23+/m1/s1. The van der Waals surface area contributed by atoms with Crippen LogP contribution >= 0.6 is 0 Å². The van der Waals surface area contributed by atoms with Crippen LogP contribution in [0.2, 0.25) is 0 Å². The van der Waals surface area contributed by atoms with Crippen molar-refractivity contribution in [3.05, 3.63) is 48.0 Å². The summed E-state index contributed by atoms with van der Waals surface area (Å²) in [4.78, 5) is 17.5. The minimum Gasteiger partial charge on any atom is -0.385 e. The van der Waals surface area contributed by atoms with Crippen molar-refractivity contribution in [1.29, 1.82) is 0 Å². The Labute approximate surface area is 168 Å². The number of aromatic nitrogens is 3. The highest BCUT2D eigenvalue weighted by Gasteiger charge is 2.45. The summed E-state index contributed by atoms with van der Waals surface area (Å²) in [5.74, 6) is 0.753. The average Bonchev–Trinajstić information content (AvgIpc) is 3.23. The number of hydrogen-bond donors (Lipinski definition) is 0. The Morgan fingerprint density at radius 1 is 1.25 bits per heavy atom. The molecule has 3 atom stereocenters. The van der Waals surface area contributed by atoms with E-state index in [-0.39, 0.29) is 11.3 Å². The molecule has 0 saturated heterocycles. The van der Waals surface area contributed by atoms with Gasteiger partial charge in [-0.25, -0.2) is 4.98 Å². The molecule has 0 radical (unpaired) electrons. The molecule has 1 heterocycles. The number of ketones is 1. The fraction of sp³-hybridized carbons (Fsp3) is 0.609. The van der Waals surface area contributed by atoms with Crippen LogP contribution in [0.1, 0.15) is 50.7 Å². The van der Waals surface area contributed by atoms with Crippen LogP contribution in [0.25, 0.3) is 0 Å². The first-order valence-corrected chi connectivity index (χ1v) is 10.5. The normalized spacial score (nSPS) is 25.2. The van der Waals surface area contributed by atoms with E-state index >= 15 is 0 Å². The number of Topliss-reactive ketones (excluding diaryl/α,β-unsaturated/α-hetero) is 1. The maximum Gasteiger partial charge on any atom is 0.144 e. The molecule has 3 rings (SSSR count). The lowest BCUT2D eigenvalue weighted by atomic mass is 9.63. The van der Waals surface area contributed by atoms with Gasteiger partial charge >= 0.3 is 0 Å². The van der Waals surface area contributed by atoms with E-state index < -0.39 is 0 Å². The van der Waals surface area contributed by atoms with Crippen LogP contribution in [0.4, 0.5) is 0 Å². The maximum absolute atomic E-state index is 13.5. The van der Waals surface area contributed by atoms with E-state index in [1.54, 1.807) is 19.8 Å². The van der Waals surface area contributed by atoms with Crippen LogP contribution in [-0.4, -0.2) is 34.3 Å².